The van der Waals surface area contributed by atoms with Crippen molar-refractivity contribution in [3.63, 3.8) is 0 Å². The first kappa shape index (κ1) is 18.9. The number of methoxy groups -OCH3 is 1. The van der Waals surface area contributed by atoms with Crippen LogP contribution in [0.1, 0.15) is 10.4 Å². The van der Waals surface area contributed by atoms with Gasteiger partial charge in [0.25, 0.3) is 0 Å². The molecule has 154 valence electrons. The number of fused-ring (bicyclic) bond motifs is 6. The molecule has 6 rings (SSSR count). The fourth-order valence-electron chi connectivity index (χ4n) is 4.13. The molecule has 1 aromatic carbocycles. The van der Waals surface area contributed by atoms with E-state index in [-0.39, 0.29) is 0 Å². The van der Waals surface area contributed by atoms with Crippen molar-refractivity contribution in [3.8, 4) is 16.9 Å². The second kappa shape index (κ2) is 7.67. The molecule has 7 nitrogen and oxygen atoms in total. The van der Waals surface area contributed by atoms with Gasteiger partial charge in [0.15, 0.2) is 11.5 Å². The van der Waals surface area contributed by atoms with E-state index in [0.29, 0.717) is 6.61 Å². The molecule has 0 amide bonds. The Bertz CT molecular complexity index is 1430. The molecule has 4 aromatic heterocycles. The molecule has 5 aromatic rings. The molecule has 0 saturated heterocycles. The number of thiophene rings is 1. The van der Waals surface area contributed by atoms with Crippen LogP contribution in [0.2, 0.25) is 0 Å². The molecular weight excluding hydrogens is 428 g/mol. The lowest BCUT2D eigenvalue weighted by Gasteiger charge is -2.17. The van der Waals surface area contributed by atoms with E-state index >= 15 is 0 Å². The monoisotopic (exact) mass is 446 g/mol. The van der Waals surface area contributed by atoms with Crippen LogP contribution >= 0.6 is 23.1 Å². The third kappa shape index (κ3) is 3.03. The van der Waals surface area contributed by atoms with Gasteiger partial charge in [-0.1, -0.05) is 24.3 Å². The fourth-order valence-corrected chi connectivity index (χ4v) is 6.14. The van der Waals surface area contributed by atoms with Crippen molar-refractivity contribution in [2.45, 2.75) is 17.9 Å². The number of nitrogens with zero attached hydrogens (tertiary/aromatic N) is 6. The van der Waals surface area contributed by atoms with E-state index in [0.717, 1.165) is 50.7 Å². The minimum atomic E-state index is 0.664. The number of ether oxygens (including phenoxy) is 1. The highest BCUT2D eigenvalue weighted by Gasteiger charge is 2.25. The van der Waals surface area contributed by atoms with Gasteiger partial charge in [-0.3, -0.25) is 0 Å². The first-order valence-electron chi connectivity index (χ1n) is 10.0. The summed E-state index contributed by atoms with van der Waals surface area (Å²) in [5.74, 6) is 1.58. The SMILES string of the molecule is COCCSc1ncnc2c1cnn2-c1ncnc2sc3c(c12)-c1ccccc1CC3. The average Bonchev–Trinajstić information content (AvgIpc) is 3.41. The van der Waals surface area contributed by atoms with E-state index in [4.69, 9.17) is 4.74 Å². The summed E-state index contributed by atoms with van der Waals surface area (Å²) in [5.41, 5.74) is 4.63. The minimum Gasteiger partial charge on any atom is -0.384 e. The third-order valence-corrected chi connectivity index (χ3v) is 7.63. The lowest BCUT2D eigenvalue weighted by Crippen LogP contribution is -2.05. The zero-order valence-corrected chi connectivity index (χ0v) is 18.4. The van der Waals surface area contributed by atoms with E-state index < -0.39 is 0 Å². The lowest BCUT2D eigenvalue weighted by atomic mass is 9.89. The number of hydrogen-bond acceptors (Lipinski definition) is 8. The van der Waals surface area contributed by atoms with Crippen LogP contribution in [0.3, 0.4) is 0 Å². The highest BCUT2D eigenvalue weighted by atomic mass is 32.2. The minimum absolute atomic E-state index is 0.664. The van der Waals surface area contributed by atoms with Crippen LogP contribution in [0.4, 0.5) is 0 Å². The van der Waals surface area contributed by atoms with Gasteiger partial charge < -0.3 is 4.74 Å². The highest BCUT2D eigenvalue weighted by molar-refractivity contribution is 7.99. The highest BCUT2D eigenvalue weighted by Crippen LogP contribution is 2.45. The summed E-state index contributed by atoms with van der Waals surface area (Å²) in [6.07, 6.45) is 7.11. The topological polar surface area (TPSA) is 78.6 Å². The molecular formula is C22H18N6OS2. The third-order valence-electron chi connectivity index (χ3n) is 5.51. The van der Waals surface area contributed by atoms with E-state index in [1.807, 2.05) is 10.9 Å². The van der Waals surface area contributed by atoms with Crippen molar-refractivity contribution in [3.05, 3.63) is 53.6 Å². The van der Waals surface area contributed by atoms with Gasteiger partial charge in [0.1, 0.15) is 22.5 Å². The Balaban J connectivity index is 1.56. The van der Waals surface area contributed by atoms with Crippen molar-refractivity contribution in [2.24, 2.45) is 0 Å². The van der Waals surface area contributed by atoms with Crippen LogP contribution in [0.15, 0.2) is 48.1 Å². The Morgan fingerprint density at radius 3 is 2.94 bits per heavy atom. The van der Waals surface area contributed by atoms with Crippen molar-refractivity contribution < 1.29 is 4.74 Å². The number of thioether (sulfide) groups is 1. The van der Waals surface area contributed by atoms with Crippen LogP contribution in [0.5, 0.6) is 0 Å². The quantitative estimate of drug-likeness (QED) is 0.226. The second-order valence-corrected chi connectivity index (χ2v) is 9.42. The molecule has 0 unspecified atom stereocenters. The van der Waals surface area contributed by atoms with Gasteiger partial charge in [0, 0.05) is 23.3 Å². The van der Waals surface area contributed by atoms with Crippen LogP contribution in [-0.4, -0.2) is 49.2 Å². The Morgan fingerprint density at radius 2 is 2.00 bits per heavy atom. The van der Waals surface area contributed by atoms with E-state index in [1.54, 1.807) is 42.9 Å². The molecule has 0 fully saturated rings. The summed E-state index contributed by atoms with van der Waals surface area (Å²) in [6, 6.07) is 8.62. The number of aromatic nitrogens is 6. The summed E-state index contributed by atoms with van der Waals surface area (Å²) in [4.78, 5) is 20.6. The second-order valence-electron chi connectivity index (χ2n) is 7.25. The molecule has 0 saturated carbocycles. The molecule has 1 aliphatic rings. The largest absolute Gasteiger partial charge is 0.384 e. The molecule has 0 N–H and O–H groups in total. The summed E-state index contributed by atoms with van der Waals surface area (Å²) >= 11 is 3.40. The summed E-state index contributed by atoms with van der Waals surface area (Å²) in [7, 11) is 1.70. The molecule has 31 heavy (non-hydrogen) atoms. The number of rotatable bonds is 5. The molecule has 0 aliphatic heterocycles. The van der Waals surface area contributed by atoms with Gasteiger partial charge in [0.05, 0.1) is 23.6 Å². The van der Waals surface area contributed by atoms with E-state index in [1.165, 1.54) is 21.6 Å². The zero-order valence-electron chi connectivity index (χ0n) is 16.8. The Labute approximate surface area is 186 Å². The maximum absolute atomic E-state index is 5.17. The number of benzene rings is 1. The Morgan fingerprint density at radius 1 is 1.10 bits per heavy atom. The van der Waals surface area contributed by atoms with Crippen LogP contribution in [0.25, 0.3) is 38.2 Å². The maximum Gasteiger partial charge on any atom is 0.169 e. The van der Waals surface area contributed by atoms with E-state index in [9.17, 15) is 0 Å². The normalized spacial score (nSPS) is 12.9. The summed E-state index contributed by atoms with van der Waals surface area (Å²) in [5, 5.41) is 7.54. The molecule has 1 aliphatic carbocycles. The maximum atomic E-state index is 5.17. The molecule has 0 bridgehead atoms. The lowest BCUT2D eigenvalue weighted by molar-refractivity contribution is 0.218. The van der Waals surface area contributed by atoms with Crippen LogP contribution < -0.4 is 0 Å². The smallest absolute Gasteiger partial charge is 0.169 e. The summed E-state index contributed by atoms with van der Waals surface area (Å²) < 4.78 is 7.00. The van der Waals surface area contributed by atoms with Crippen molar-refractivity contribution in [2.75, 3.05) is 19.5 Å². The molecule has 0 spiro atoms. The Hall–Kier alpha value is -2.88. The van der Waals surface area contributed by atoms with Gasteiger partial charge in [-0.25, -0.2) is 19.9 Å². The van der Waals surface area contributed by atoms with Crippen LogP contribution in [-0.2, 0) is 17.6 Å². The van der Waals surface area contributed by atoms with Crippen molar-refractivity contribution in [1.82, 2.24) is 29.7 Å². The fraction of sp³-hybridized carbons (Fsp3) is 0.227. The number of aryl methyl sites for hydroxylation is 2. The van der Waals surface area contributed by atoms with Crippen molar-refractivity contribution >= 4 is 44.3 Å². The molecule has 0 atom stereocenters. The predicted octanol–water partition coefficient (Wildman–Crippen LogP) is 4.32. The molecule has 0 radical (unpaired) electrons. The standard InChI is InChI=1S/C22H18N6OS2/c1-29-8-9-30-21-15-10-27-28(19(15)23-11-25-21)20-18-17-14-5-3-2-4-13(14)6-7-16(17)31-22(18)26-12-24-20/h2-5,10-12H,6-9H2,1H3. The zero-order chi connectivity index (χ0) is 20.8. The first-order valence-corrected chi connectivity index (χ1v) is 11.8. The van der Waals surface area contributed by atoms with Crippen molar-refractivity contribution in [1.29, 1.82) is 0 Å². The van der Waals surface area contributed by atoms with Gasteiger partial charge in [0.2, 0.25) is 0 Å². The molecule has 9 heteroatoms. The van der Waals surface area contributed by atoms with Crippen LogP contribution in [0, 0.1) is 0 Å². The van der Waals surface area contributed by atoms with Gasteiger partial charge in [-0.05, 0) is 24.0 Å². The predicted molar refractivity (Wildman–Crippen MR) is 123 cm³/mol. The van der Waals surface area contributed by atoms with Gasteiger partial charge in [-0.15, -0.1) is 23.1 Å². The molecule has 4 heterocycles. The van der Waals surface area contributed by atoms with E-state index in [2.05, 4.69) is 49.3 Å². The number of hydrogen-bond donors (Lipinski definition) is 0. The first-order chi connectivity index (χ1) is 15.3. The average molecular weight is 447 g/mol. The van der Waals surface area contributed by atoms with Gasteiger partial charge >= 0.3 is 0 Å². The van der Waals surface area contributed by atoms with Gasteiger partial charge in [-0.2, -0.15) is 9.78 Å². The Kier molecular flexibility index (Phi) is 4.66. The summed E-state index contributed by atoms with van der Waals surface area (Å²) in [6.45, 7) is 0.664.